The molecule has 0 unspecified atom stereocenters. The minimum Gasteiger partial charge on any atom is -0.506 e. The van der Waals surface area contributed by atoms with Crippen LogP contribution in [0.3, 0.4) is 0 Å². The van der Waals surface area contributed by atoms with Gasteiger partial charge in [-0.3, -0.25) is 4.48 Å². The van der Waals surface area contributed by atoms with Crippen molar-refractivity contribution in [1.29, 1.82) is 0 Å². The van der Waals surface area contributed by atoms with Gasteiger partial charge in [0.1, 0.15) is 11.4 Å². The Bertz CT molecular complexity index is 291. The number of quaternary nitrogens is 1. The van der Waals surface area contributed by atoms with Crippen LogP contribution in [-0.2, 0) is 0 Å². The molecule has 0 amide bonds. The molecule has 1 N–H and O–H groups in total. The highest BCUT2D eigenvalue weighted by atomic mass is 35.5. The van der Waals surface area contributed by atoms with Crippen LogP contribution in [0.2, 0.25) is 5.02 Å². The molecule has 0 aromatic heterocycles. The monoisotopic (exact) mass is 186 g/mol. The van der Waals surface area contributed by atoms with Gasteiger partial charge in [0.05, 0.1) is 26.2 Å². The lowest BCUT2D eigenvalue weighted by Gasteiger charge is -2.23. The van der Waals surface area contributed by atoms with E-state index in [2.05, 4.69) is 0 Å². The van der Waals surface area contributed by atoms with Crippen LogP contribution in [-0.4, -0.2) is 26.2 Å². The summed E-state index contributed by atoms with van der Waals surface area (Å²) in [6.45, 7) is 0. The molecule has 0 aliphatic heterocycles. The zero-order valence-electron chi connectivity index (χ0n) is 7.50. The summed E-state index contributed by atoms with van der Waals surface area (Å²) >= 11 is 5.76. The second kappa shape index (κ2) is 2.96. The maximum atomic E-state index is 9.17. The predicted octanol–water partition coefficient (Wildman–Crippen LogP) is 2.24. The van der Waals surface area contributed by atoms with E-state index in [0.29, 0.717) is 9.51 Å². The molecule has 0 saturated carbocycles. The molecule has 0 fully saturated rings. The Morgan fingerprint density at radius 2 is 1.83 bits per heavy atom. The van der Waals surface area contributed by atoms with Gasteiger partial charge in [-0.2, -0.15) is 0 Å². The van der Waals surface area contributed by atoms with E-state index in [1.165, 1.54) is 0 Å². The van der Waals surface area contributed by atoms with E-state index in [1.807, 2.05) is 27.2 Å². The van der Waals surface area contributed by atoms with Crippen LogP contribution in [0.4, 0.5) is 5.69 Å². The highest BCUT2D eigenvalue weighted by Crippen LogP contribution is 2.28. The van der Waals surface area contributed by atoms with Gasteiger partial charge in [-0.25, -0.2) is 0 Å². The average molecular weight is 187 g/mol. The second-order valence-corrected chi connectivity index (χ2v) is 4.06. The number of phenolic OH excluding ortho intramolecular Hbond substituents is 1. The number of benzene rings is 1. The summed E-state index contributed by atoms with van der Waals surface area (Å²) in [5, 5.41) is 9.57. The van der Waals surface area contributed by atoms with Crippen molar-refractivity contribution in [2.24, 2.45) is 0 Å². The molecule has 0 bridgehead atoms. The Hall–Kier alpha value is -0.730. The van der Waals surface area contributed by atoms with Crippen LogP contribution in [0.25, 0.3) is 0 Å². The van der Waals surface area contributed by atoms with Gasteiger partial charge in [0.25, 0.3) is 0 Å². The van der Waals surface area contributed by atoms with Crippen LogP contribution in [0.1, 0.15) is 0 Å². The molecule has 66 valence electrons. The summed E-state index contributed by atoms with van der Waals surface area (Å²) in [5.74, 6) is 0.133. The summed E-state index contributed by atoms with van der Waals surface area (Å²) in [5.41, 5.74) is 1.07. The van der Waals surface area contributed by atoms with Crippen molar-refractivity contribution in [2.75, 3.05) is 21.1 Å². The van der Waals surface area contributed by atoms with Gasteiger partial charge < -0.3 is 5.11 Å². The van der Waals surface area contributed by atoms with E-state index >= 15 is 0 Å². The van der Waals surface area contributed by atoms with Gasteiger partial charge in [0, 0.05) is 12.1 Å². The van der Waals surface area contributed by atoms with Crippen LogP contribution in [0.15, 0.2) is 18.2 Å². The first-order valence-electron chi connectivity index (χ1n) is 3.72. The Morgan fingerprint density at radius 3 is 2.25 bits per heavy atom. The normalized spacial score (nSPS) is 11.7. The van der Waals surface area contributed by atoms with Crippen LogP contribution < -0.4 is 4.48 Å². The lowest BCUT2D eigenvalue weighted by Crippen LogP contribution is -2.34. The van der Waals surface area contributed by atoms with Crippen LogP contribution in [0.5, 0.6) is 5.75 Å². The number of hydrogen-bond donors (Lipinski definition) is 1. The third kappa shape index (κ3) is 1.90. The molecule has 2 nitrogen and oxygen atoms in total. The molecule has 0 heterocycles. The Kier molecular flexibility index (Phi) is 2.31. The largest absolute Gasteiger partial charge is 0.506 e. The number of aromatic hydroxyl groups is 1. The van der Waals surface area contributed by atoms with Gasteiger partial charge in [-0.1, -0.05) is 11.6 Å². The smallest absolute Gasteiger partial charge is 0.134 e. The van der Waals surface area contributed by atoms with E-state index in [0.717, 1.165) is 5.69 Å². The van der Waals surface area contributed by atoms with Crippen LogP contribution in [0, 0.1) is 0 Å². The molecule has 0 atom stereocenters. The fourth-order valence-corrected chi connectivity index (χ4v) is 1.09. The molecule has 3 heteroatoms. The molecule has 12 heavy (non-hydrogen) atoms. The molecule has 1 aromatic carbocycles. The van der Waals surface area contributed by atoms with Crippen molar-refractivity contribution >= 4 is 17.3 Å². The molecule has 0 aliphatic carbocycles. The van der Waals surface area contributed by atoms with Crippen molar-refractivity contribution in [1.82, 2.24) is 4.48 Å². The third-order valence-electron chi connectivity index (χ3n) is 1.71. The summed E-state index contributed by atoms with van der Waals surface area (Å²) < 4.78 is 0.694. The van der Waals surface area contributed by atoms with Gasteiger partial charge >= 0.3 is 0 Å². The molecule has 0 saturated heterocycles. The highest BCUT2D eigenvalue weighted by molar-refractivity contribution is 6.32. The van der Waals surface area contributed by atoms with Crippen molar-refractivity contribution < 1.29 is 5.11 Å². The maximum absolute atomic E-state index is 9.17. The molecule has 1 rings (SSSR count). The third-order valence-corrected chi connectivity index (χ3v) is 2.01. The minimum atomic E-state index is 0.133. The zero-order chi connectivity index (χ0) is 9.35. The van der Waals surface area contributed by atoms with Gasteiger partial charge in [-0.15, -0.1) is 0 Å². The standard InChI is InChI=1S/C9H12ClNO/c1-11(2,3)7-4-5-9(12)8(10)6-7/h4-6H,1-3H3/p+1. The molecule has 0 aliphatic rings. The number of nitrogens with zero attached hydrogens (tertiary/aromatic N) is 1. The Labute approximate surface area is 77.6 Å². The topological polar surface area (TPSA) is 20.2 Å². The van der Waals surface area contributed by atoms with Crippen molar-refractivity contribution in [2.45, 2.75) is 0 Å². The zero-order valence-corrected chi connectivity index (χ0v) is 8.26. The van der Waals surface area contributed by atoms with Crippen molar-refractivity contribution in [3.8, 4) is 5.75 Å². The molecule has 1 aromatic rings. The van der Waals surface area contributed by atoms with Crippen molar-refractivity contribution in [3.05, 3.63) is 23.2 Å². The Morgan fingerprint density at radius 1 is 1.25 bits per heavy atom. The lowest BCUT2D eigenvalue weighted by atomic mass is 10.2. The van der Waals surface area contributed by atoms with Gasteiger partial charge in [0.2, 0.25) is 0 Å². The van der Waals surface area contributed by atoms with Gasteiger partial charge in [-0.05, 0) is 6.07 Å². The minimum absolute atomic E-state index is 0.133. The summed E-state index contributed by atoms with van der Waals surface area (Å²) in [6.07, 6.45) is 0. The lowest BCUT2D eigenvalue weighted by molar-refractivity contribution is 0.469. The summed E-state index contributed by atoms with van der Waals surface area (Å²) in [6, 6.07) is 5.25. The van der Waals surface area contributed by atoms with E-state index < -0.39 is 0 Å². The van der Waals surface area contributed by atoms with E-state index in [4.69, 9.17) is 11.6 Å². The number of halogens is 1. The van der Waals surface area contributed by atoms with E-state index in [-0.39, 0.29) is 5.75 Å². The average Bonchev–Trinajstić information content (AvgIpc) is 1.92. The molecule has 0 radical (unpaired) electrons. The number of rotatable bonds is 1. The fraction of sp³-hybridized carbons (Fsp3) is 0.333. The van der Waals surface area contributed by atoms with Crippen molar-refractivity contribution in [3.63, 3.8) is 0 Å². The first-order chi connectivity index (χ1) is 5.41. The molecule has 0 spiro atoms. The first kappa shape index (κ1) is 9.36. The van der Waals surface area contributed by atoms with E-state index in [1.54, 1.807) is 12.1 Å². The predicted molar refractivity (Wildman–Crippen MR) is 52.7 cm³/mol. The summed E-state index contributed by atoms with van der Waals surface area (Å²) in [7, 11) is 6.13. The molecular formula is C9H13ClNO+. The molecular weight excluding hydrogens is 174 g/mol. The highest BCUT2D eigenvalue weighted by Gasteiger charge is 2.13. The van der Waals surface area contributed by atoms with Crippen LogP contribution >= 0.6 is 11.6 Å². The first-order valence-corrected chi connectivity index (χ1v) is 4.09. The number of hydrogen-bond acceptors (Lipinski definition) is 1. The summed E-state index contributed by atoms with van der Waals surface area (Å²) in [4.78, 5) is 0. The van der Waals surface area contributed by atoms with E-state index in [9.17, 15) is 5.11 Å². The second-order valence-electron chi connectivity index (χ2n) is 3.65. The SMILES string of the molecule is C[N+](C)(C)c1ccc(O)c(Cl)c1. The fourth-order valence-electron chi connectivity index (χ4n) is 0.913. The van der Waals surface area contributed by atoms with Gasteiger partial charge in [0.15, 0.2) is 0 Å². The quantitative estimate of drug-likeness (QED) is 0.667. The Balaban J connectivity index is 3.14. The maximum Gasteiger partial charge on any atom is 0.134 e. The number of phenols is 1.